The van der Waals surface area contributed by atoms with Crippen LogP contribution in [0.25, 0.3) is 0 Å². The van der Waals surface area contributed by atoms with Gasteiger partial charge in [-0.2, -0.15) is 0 Å². The van der Waals surface area contributed by atoms with Crippen molar-refractivity contribution >= 4 is 23.0 Å². The number of hydrogen-bond donors (Lipinski definition) is 3. The normalized spacial score (nSPS) is 12.0. The molecule has 0 aliphatic heterocycles. The fraction of sp³-hybridized carbons (Fsp3) is 0.417. The quantitative estimate of drug-likeness (QED) is 0.534. The second-order valence-electron chi connectivity index (χ2n) is 4.54. The van der Waals surface area contributed by atoms with Crippen molar-refractivity contribution in [2.24, 2.45) is 11.7 Å². The lowest BCUT2D eigenvalue weighted by Crippen LogP contribution is -2.39. The standard InChI is InChI=1S/C12H18N4O3/c1-7(2)11(12(13)17)15-9-4-8(14-3)5-10(6-9)16(18)19/h4-7,11,14-15H,1-3H3,(H2,13,17). The number of nitro benzene ring substituents is 1. The number of nitrogens with one attached hydrogen (secondary N) is 2. The molecule has 0 aliphatic carbocycles. The Balaban J connectivity index is 3.08. The number of benzene rings is 1. The van der Waals surface area contributed by atoms with E-state index in [1.807, 2.05) is 13.8 Å². The summed E-state index contributed by atoms with van der Waals surface area (Å²) in [5.74, 6) is -0.512. The number of hydrogen-bond acceptors (Lipinski definition) is 5. The fourth-order valence-corrected chi connectivity index (χ4v) is 1.69. The zero-order valence-electron chi connectivity index (χ0n) is 11.1. The molecule has 1 aromatic carbocycles. The lowest BCUT2D eigenvalue weighted by molar-refractivity contribution is -0.384. The number of primary amides is 1. The average molecular weight is 266 g/mol. The molecule has 1 atom stereocenters. The van der Waals surface area contributed by atoms with Crippen LogP contribution in [0.1, 0.15) is 13.8 Å². The van der Waals surface area contributed by atoms with E-state index in [2.05, 4.69) is 10.6 Å². The van der Waals surface area contributed by atoms with E-state index < -0.39 is 16.9 Å². The van der Waals surface area contributed by atoms with Gasteiger partial charge in [0.1, 0.15) is 6.04 Å². The van der Waals surface area contributed by atoms with Gasteiger partial charge in [-0.15, -0.1) is 0 Å². The molecule has 0 saturated carbocycles. The number of nitrogens with zero attached hydrogens (tertiary/aromatic N) is 1. The maximum Gasteiger partial charge on any atom is 0.273 e. The molecule has 7 heteroatoms. The summed E-state index contributed by atoms with van der Waals surface area (Å²) < 4.78 is 0. The Morgan fingerprint density at radius 3 is 2.32 bits per heavy atom. The molecule has 1 unspecified atom stereocenters. The SMILES string of the molecule is CNc1cc(NC(C(N)=O)C(C)C)cc([N+](=O)[O-])c1. The first-order valence-corrected chi connectivity index (χ1v) is 5.88. The Bertz CT molecular complexity index is 488. The minimum absolute atomic E-state index is 0.0187. The number of rotatable bonds is 6. The van der Waals surface area contributed by atoms with Crippen molar-refractivity contribution in [3.8, 4) is 0 Å². The maximum absolute atomic E-state index is 11.3. The molecule has 0 bridgehead atoms. The summed E-state index contributed by atoms with van der Waals surface area (Å²) in [6, 6.07) is 3.90. The van der Waals surface area contributed by atoms with E-state index in [1.54, 1.807) is 13.1 Å². The third-order valence-electron chi connectivity index (χ3n) is 2.71. The number of nitro groups is 1. The van der Waals surface area contributed by atoms with Gasteiger partial charge in [-0.3, -0.25) is 14.9 Å². The van der Waals surface area contributed by atoms with Crippen molar-refractivity contribution in [2.75, 3.05) is 17.7 Å². The van der Waals surface area contributed by atoms with E-state index in [0.717, 1.165) is 0 Å². The Kier molecular flexibility index (Phi) is 4.68. The van der Waals surface area contributed by atoms with Crippen molar-refractivity contribution in [3.05, 3.63) is 28.3 Å². The zero-order valence-corrected chi connectivity index (χ0v) is 11.1. The number of amides is 1. The summed E-state index contributed by atoms with van der Waals surface area (Å²) in [6.45, 7) is 3.69. The van der Waals surface area contributed by atoms with Gasteiger partial charge in [0.25, 0.3) is 5.69 Å². The summed E-state index contributed by atoms with van der Waals surface area (Å²) in [5.41, 5.74) is 6.32. The van der Waals surface area contributed by atoms with E-state index in [1.165, 1.54) is 12.1 Å². The van der Waals surface area contributed by atoms with Crippen LogP contribution in [0.4, 0.5) is 17.1 Å². The van der Waals surface area contributed by atoms with Gasteiger partial charge in [0, 0.05) is 30.6 Å². The van der Waals surface area contributed by atoms with E-state index in [4.69, 9.17) is 5.73 Å². The fourth-order valence-electron chi connectivity index (χ4n) is 1.69. The Morgan fingerprint density at radius 2 is 1.89 bits per heavy atom. The molecule has 4 N–H and O–H groups in total. The van der Waals surface area contributed by atoms with Crippen molar-refractivity contribution < 1.29 is 9.72 Å². The zero-order chi connectivity index (χ0) is 14.6. The highest BCUT2D eigenvalue weighted by Gasteiger charge is 2.20. The first-order chi connectivity index (χ1) is 8.85. The molecule has 0 aliphatic rings. The molecule has 1 aromatic rings. The molecule has 7 nitrogen and oxygen atoms in total. The van der Waals surface area contributed by atoms with Crippen molar-refractivity contribution in [2.45, 2.75) is 19.9 Å². The highest BCUT2D eigenvalue weighted by atomic mass is 16.6. The van der Waals surface area contributed by atoms with Crippen LogP contribution in [0, 0.1) is 16.0 Å². The molecular formula is C12H18N4O3. The number of carbonyl (C=O) groups excluding carboxylic acids is 1. The summed E-state index contributed by atoms with van der Waals surface area (Å²) in [5, 5.41) is 16.6. The molecule has 1 rings (SSSR count). The van der Waals surface area contributed by atoms with Crippen LogP contribution in [0.3, 0.4) is 0 Å². The molecule has 0 spiro atoms. The molecule has 0 heterocycles. The van der Waals surface area contributed by atoms with Crippen molar-refractivity contribution in [3.63, 3.8) is 0 Å². The van der Waals surface area contributed by atoms with Gasteiger partial charge in [0.05, 0.1) is 4.92 Å². The highest BCUT2D eigenvalue weighted by Crippen LogP contribution is 2.25. The van der Waals surface area contributed by atoms with Crippen molar-refractivity contribution in [1.82, 2.24) is 0 Å². The Hall–Kier alpha value is -2.31. The number of nitrogens with two attached hydrogens (primary N) is 1. The number of anilines is 2. The van der Waals surface area contributed by atoms with E-state index in [9.17, 15) is 14.9 Å². The molecule has 1 amide bonds. The summed E-state index contributed by atoms with van der Waals surface area (Å²) in [4.78, 5) is 21.7. The molecule has 0 aromatic heterocycles. The van der Waals surface area contributed by atoms with E-state index >= 15 is 0 Å². The lowest BCUT2D eigenvalue weighted by atomic mass is 10.0. The van der Waals surface area contributed by atoms with Gasteiger partial charge >= 0.3 is 0 Å². The Morgan fingerprint density at radius 1 is 1.32 bits per heavy atom. The van der Waals surface area contributed by atoms with Crippen LogP contribution in [0.5, 0.6) is 0 Å². The van der Waals surface area contributed by atoms with Crippen LogP contribution in [-0.4, -0.2) is 23.9 Å². The minimum Gasteiger partial charge on any atom is -0.388 e. The van der Waals surface area contributed by atoms with Gasteiger partial charge in [0.2, 0.25) is 5.91 Å². The topological polar surface area (TPSA) is 110 Å². The van der Waals surface area contributed by atoms with Gasteiger partial charge in [-0.25, -0.2) is 0 Å². The minimum atomic E-state index is -0.577. The second-order valence-corrected chi connectivity index (χ2v) is 4.54. The molecular weight excluding hydrogens is 248 g/mol. The number of non-ortho nitro benzene ring substituents is 1. The second kappa shape index (κ2) is 6.03. The first-order valence-electron chi connectivity index (χ1n) is 5.88. The first kappa shape index (κ1) is 14.7. The number of carbonyl (C=O) groups is 1. The van der Waals surface area contributed by atoms with Crippen molar-refractivity contribution in [1.29, 1.82) is 0 Å². The predicted octanol–water partition coefficient (Wildman–Crippen LogP) is 1.56. The summed E-state index contributed by atoms with van der Waals surface area (Å²) in [6.07, 6.45) is 0. The molecule has 104 valence electrons. The Labute approximate surface area is 111 Å². The van der Waals surface area contributed by atoms with Gasteiger partial charge in [-0.05, 0) is 12.0 Å². The van der Waals surface area contributed by atoms with Crippen LogP contribution >= 0.6 is 0 Å². The third-order valence-corrected chi connectivity index (χ3v) is 2.71. The largest absolute Gasteiger partial charge is 0.388 e. The van der Waals surface area contributed by atoms with Crippen LogP contribution in [0.2, 0.25) is 0 Å². The molecule has 0 saturated heterocycles. The van der Waals surface area contributed by atoms with Crippen LogP contribution in [-0.2, 0) is 4.79 Å². The smallest absolute Gasteiger partial charge is 0.273 e. The molecule has 0 radical (unpaired) electrons. The highest BCUT2D eigenvalue weighted by molar-refractivity contribution is 5.83. The monoisotopic (exact) mass is 266 g/mol. The lowest BCUT2D eigenvalue weighted by Gasteiger charge is -2.20. The van der Waals surface area contributed by atoms with E-state index in [-0.39, 0.29) is 11.6 Å². The van der Waals surface area contributed by atoms with Gasteiger partial charge < -0.3 is 16.4 Å². The average Bonchev–Trinajstić information content (AvgIpc) is 2.34. The third kappa shape index (κ3) is 3.84. The maximum atomic E-state index is 11.3. The van der Waals surface area contributed by atoms with Gasteiger partial charge in [0.15, 0.2) is 0 Å². The van der Waals surface area contributed by atoms with Gasteiger partial charge in [-0.1, -0.05) is 13.8 Å². The summed E-state index contributed by atoms with van der Waals surface area (Å²) in [7, 11) is 1.66. The van der Waals surface area contributed by atoms with E-state index in [0.29, 0.717) is 11.4 Å². The van der Waals surface area contributed by atoms with Crippen LogP contribution in [0.15, 0.2) is 18.2 Å². The molecule has 0 fully saturated rings. The predicted molar refractivity (Wildman–Crippen MR) is 74.1 cm³/mol. The molecule has 19 heavy (non-hydrogen) atoms. The summed E-state index contributed by atoms with van der Waals surface area (Å²) >= 11 is 0. The van der Waals surface area contributed by atoms with Crippen LogP contribution < -0.4 is 16.4 Å².